The van der Waals surface area contributed by atoms with Crippen LogP contribution in [0.25, 0.3) is 0 Å². The van der Waals surface area contributed by atoms with Crippen LogP contribution in [0.1, 0.15) is 18.4 Å². The molecule has 0 atom stereocenters. The predicted molar refractivity (Wildman–Crippen MR) is 58.2 cm³/mol. The van der Waals surface area contributed by atoms with E-state index in [2.05, 4.69) is 15.9 Å². The second-order valence-electron chi connectivity index (χ2n) is 2.81. The molecule has 3 heteroatoms. The Hall–Kier alpha value is -0.340. The highest BCUT2D eigenvalue weighted by molar-refractivity contribution is 9.10. The normalized spacial score (nSPS) is 10.0. The van der Waals surface area contributed by atoms with Gasteiger partial charge in [0.25, 0.3) is 0 Å². The van der Waals surface area contributed by atoms with Crippen molar-refractivity contribution in [2.24, 2.45) is 0 Å². The van der Waals surface area contributed by atoms with Gasteiger partial charge in [-0.25, -0.2) is 0 Å². The van der Waals surface area contributed by atoms with Gasteiger partial charge in [0.05, 0.1) is 5.02 Å². The van der Waals surface area contributed by atoms with Crippen LogP contribution >= 0.6 is 27.5 Å². The minimum absolute atomic E-state index is 0.625. The summed E-state index contributed by atoms with van der Waals surface area (Å²) < 4.78 is 0.915. The molecular weight excluding hydrogens is 251 g/mol. The van der Waals surface area contributed by atoms with E-state index in [1.54, 1.807) is 0 Å². The number of unbranched alkanes of at least 4 members (excludes halogenated alkanes) is 1. The first kappa shape index (κ1) is 10.7. The van der Waals surface area contributed by atoms with Crippen molar-refractivity contribution in [3.05, 3.63) is 33.3 Å². The third-order valence-corrected chi connectivity index (χ3v) is 2.99. The number of hydrogen-bond donors (Lipinski definition) is 0. The lowest BCUT2D eigenvalue weighted by Gasteiger charge is -2.01. The monoisotopic (exact) mass is 260 g/mol. The highest BCUT2D eigenvalue weighted by atomic mass is 79.9. The van der Waals surface area contributed by atoms with Crippen molar-refractivity contribution < 1.29 is 4.79 Å². The molecule has 0 spiro atoms. The Morgan fingerprint density at radius 1 is 1.46 bits per heavy atom. The zero-order chi connectivity index (χ0) is 9.68. The van der Waals surface area contributed by atoms with Crippen molar-refractivity contribution in [1.82, 2.24) is 0 Å². The van der Waals surface area contributed by atoms with Crippen molar-refractivity contribution >= 4 is 33.8 Å². The van der Waals surface area contributed by atoms with Crippen LogP contribution in [0, 0.1) is 0 Å². The fourth-order valence-electron chi connectivity index (χ4n) is 1.08. The molecule has 0 fully saturated rings. The van der Waals surface area contributed by atoms with Gasteiger partial charge in [0.1, 0.15) is 6.29 Å². The molecule has 0 saturated carbocycles. The third kappa shape index (κ3) is 3.49. The topological polar surface area (TPSA) is 17.1 Å². The maximum Gasteiger partial charge on any atom is 0.120 e. The fourth-order valence-corrected chi connectivity index (χ4v) is 1.63. The molecule has 70 valence electrons. The lowest BCUT2D eigenvalue weighted by atomic mass is 10.1. The van der Waals surface area contributed by atoms with Crippen LogP contribution in [-0.2, 0) is 11.2 Å². The largest absolute Gasteiger partial charge is 0.303 e. The molecule has 0 radical (unpaired) electrons. The maximum absolute atomic E-state index is 10.1. The molecule has 13 heavy (non-hydrogen) atoms. The van der Waals surface area contributed by atoms with Crippen LogP contribution < -0.4 is 0 Å². The van der Waals surface area contributed by atoms with E-state index in [-0.39, 0.29) is 0 Å². The fraction of sp³-hybridized carbons (Fsp3) is 0.300. The number of aldehydes is 1. The summed E-state index contributed by atoms with van der Waals surface area (Å²) in [6.45, 7) is 0. The maximum atomic E-state index is 10.1. The first-order valence-electron chi connectivity index (χ1n) is 4.11. The van der Waals surface area contributed by atoms with Crippen LogP contribution in [-0.4, -0.2) is 6.29 Å². The van der Waals surface area contributed by atoms with Crippen LogP contribution in [0.4, 0.5) is 0 Å². The minimum atomic E-state index is 0.625. The van der Waals surface area contributed by atoms with Crippen LogP contribution in [0.2, 0.25) is 5.02 Å². The molecule has 0 amide bonds. The number of benzene rings is 1. The summed E-state index contributed by atoms with van der Waals surface area (Å²) in [6, 6.07) is 5.84. The highest BCUT2D eigenvalue weighted by Crippen LogP contribution is 2.23. The zero-order valence-corrected chi connectivity index (χ0v) is 9.44. The number of hydrogen-bond acceptors (Lipinski definition) is 1. The molecule has 0 saturated heterocycles. The van der Waals surface area contributed by atoms with Crippen molar-refractivity contribution in [2.75, 3.05) is 0 Å². The molecule has 0 bridgehead atoms. The zero-order valence-electron chi connectivity index (χ0n) is 7.09. The van der Waals surface area contributed by atoms with Gasteiger partial charge in [-0.15, -0.1) is 0 Å². The average Bonchev–Trinajstić information content (AvgIpc) is 2.12. The first-order valence-corrected chi connectivity index (χ1v) is 5.28. The number of carbonyl (C=O) groups is 1. The van der Waals surface area contributed by atoms with Gasteiger partial charge in [0, 0.05) is 10.9 Å². The van der Waals surface area contributed by atoms with E-state index >= 15 is 0 Å². The summed E-state index contributed by atoms with van der Waals surface area (Å²) >= 11 is 9.19. The Bertz CT molecular complexity index is 299. The van der Waals surface area contributed by atoms with Gasteiger partial charge >= 0.3 is 0 Å². The van der Waals surface area contributed by atoms with E-state index in [1.807, 2.05) is 18.2 Å². The van der Waals surface area contributed by atoms with Crippen molar-refractivity contribution in [3.8, 4) is 0 Å². The van der Waals surface area contributed by atoms with Gasteiger partial charge in [-0.3, -0.25) is 0 Å². The van der Waals surface area contributed by atoms with Gasteiger partial charge < -0.3 is 4.79 Å². The first-order chi connectivity index (χ1) is 6.24. The van der Waals surface area contributed by atoms with E-state index in [9.17, 15) is 4.79 Å². The number of aryl methyl sites for hydroxylation is 1. The van der Waals surface area contributed by atoms with Gasteiger partial charge in [0.15, 0.2) is 0 Å². The van der Waals surface area contributed by atoms with Crippen molar-refractivity contribution in [1.29, 1.82) is 0 Å². The number of carbonyl (C=O) groups excluding carboxylic acids is 1. The van der Waals surface area contributed by atoms with Gasteiger partial charge in [-0.1, -0.05) is 17.7 Å². The smallest absolute Gasteiger partial charge is 0.120 e. The molecule has 0 N–H and O–H groups in total. The summed E-state index contributed by atoms with van der Waals surface area (Å²) in [5.41, 5.74) is 1.21. The molecule has 1 aromatic carbocycles. The van der Waals surface area contributed by atoms with E-state index in [0.717, 1.165) is 28.6 Å². The Balaban J connectivity index is 2.57. The Labute approximate surface area is 91.2 Å². The standard InChI is InChI=1S/C10H10BrClO/c11-9-7-8(3-1-2-6-13)4-5-10(9)12/h4-7H,1-3H2. The van der Waals surface area contributed by atoms with Crippen LogP contribution in [0.15, 0.2) is 22.7 Å². The van der Waals surface area contributed by atoms with E-state index < -0.39 is 0 Å². The van der Waals surface area contributed by atoms with E-state index in [1.165, 1.54) is 5.56 Å². The molecule has 0 aliphatic heterocycles. The van der Waals surface area contributed by atoms with Crippen LogP contribution in [0.3, 0.4) is 0 Å². The van der Waals surface area contributed by atoms with E-state index in [4.69, 9.17) is 11.6 Å². The quantitative estimate of drug-likeness (QED) is 0.597. The second-order valence-corrected chi connectivity index (χ2v) is 4.07. The van der Waals surface area contributed by atoms with Gasteiger partial charge in [-0.05, 0) is 46.5 Å². The predicted octanol–water partition coefficient (Wildman–Crippen LogP) is 3.62. The van der Waals surface area contributed by atoms with Crippen molar-refractivity contribution in [2.45, 2.75) is 19.3 Å². The third-order valence-electron chi connectivity index (χ3n) is 1.77. The SMILES string of the molecule is O=CCCCc1ccc(Cl)c(Br)c1. The molecule has 1 rings (SSSR count). The lowest BCUT2D eigenvalue weighted by Crippen LogP contribution is -1.86. The summed E-state index contributed by atoms with van der Waals surface area (Å²) in [5.74, 6) is 0. The van der Waals surface area contributed by atoms with E-state index in [0.29, 0.717) is 6.42 Å². The number of rotatable bonds is 4. The molecule has 0 aromatic heterocycles. The molecule has 0 unspecified atom stereocenters. The Kier molecular flexibility index (Phi) is 4.46. The lowest BCUT2D eigenvalue weighted by molar-refractivity contribution is -0.107. The average molecular weight is 262 g/mol. The summed E-state index contributed by atoms with van der Waals surface area (Å²) in [5, 5.41) is 0.721. The minimum Gasteiger partial charge on any atom is -0.303 e. The molecule has 1 aromatic rings. The van der Waals surface area contributed by atoms with Crippen molar-refractivity contribution in [3.63, 3.8) is 0 Å². The second kappa shape index (κ2) is 5.40. The summed E-state index contributed by atoms with van der Waals surface area (Å²) in [6.07, 6.45) is 3.40. The Morgan fingerprint density at radius 2 is 2.23 bits per heavy atom. The molecule has 1 nitrogen and oxygen atoms in total. The summed E-state index contributed by atoms with van der Waals surface area (Å²) in [4.78, 5) is 10.1. The van der Waals surface area contributed by atoms with Crippen LogP contribution in [0.5, 0.6) is 0 Å². The molecule has 0 aliphatic rings. The Morgan fingerprint density at radius 3 is 2.85 bits per heavy atom. The molecule has 0 aliphatic carbocycles. The van der Waals surface area contributed by atoms with Gasteiger partial charge in [-0.2, -0.15) is 0 Å². The number of halogens is 2. The van der Waals surface area contributed by atoms with Gasteiger partial charge in [0.2, 0.25) is 0 Å². The summed E-state index contributed by atoms with van der Waals surface area (Å²) in [7, 11) is 0. The highest BCUT2D eigenvalue weighted by Gasteiger charge is 1.98. The molecular formula is C10H10BrClO. The molecule has 0 heterocycles.